The molecule has 104 valence electrons. The van der Waals surface area contributed by atoms with Gasteiger partial charge in [-0.15, -0.1) is 0 Å². The number of hydrogen-bond acceptors (Lipinski definition) is 2. The number of benzene rings is 1. The molecule has 3 heteroatoms. The van der Waals surface area contributed by atoms with Crippen molar-refractivity contribution in [3.8, 4) is 0 Å². The molecule has 2 aliphatic carbocycles. The highest BCUT2D eigenvalue weighted by molar-refractivity contribution is 5.94. The van der Waals surface area contributed by atoms with Crippen LogP contribution < -0.4 is 5.43 Å². The van der Waals surface area contributed by atoms with Gasteiger partial charge in [0.25, 0.3) is 5.91 Å². The van der Waals surface area contributed by atoms with Crippen LogP contribution in [0, 0.1) is 31.6 Å². The van der Waals surface area contributed by atoms with Gasteiger partial charge >= 0.3 is 0 Å². The normalized spacial score (nSPS) is 27.4. The second kappa shape index (κ2) is 5.23. The standard InChI is InChI=1S/C17H20N2O/c1-11-3-5-15(7-12(11)2)17(20)19-18-10-16-9-13-4-6-14(16)8-13/h3-7,10,13-14,16H,8-9H2,1-2H3,(H,19,20)/b18-10+. The number of nitrogens with zero attached hydrogens (tertiary/aromatic N) is 1. The summed E-state index contributed by atoms with van der Waals surface area (Å²) in [6, 6.07) is 5.71. The van der Waals surface area contributed by atoms with Crippen molar-refractivity contribution in [2.45, 2.75) is 26.7 Å². The van der Waals surface area contributed by atoms with E-state index in [2.05, 4.69) is 22.7 Å². The molecule has 0 radical (unpaired) electrons. The predicted octanol–water partition coefficient (Wildman–Crippen LogP) is 3.23. The van der Waals surface area contributed by atoms with E-state index in [1.165, 1.54) is 18.4 Å². The zero-order valence-corrected chi connectivity index (χ0v) is 12.0. The average molecular weight is 268 g/mol. The Kier molecular flexibility index (Phi) is 3.43. The number of carbonyl (C=O) groups excluding carboxylic acids is 1. The number of fused-ring (bicyclic) bond motifs is 2. The van der Waals surface area contributed by atoms with Crippen molar-refractivity contribution >= 4 is 12.1 Å². The van der Waals surface area contributed by atoms with Gasteiger partial charge in [-0.3, -0.25) is 4.79 Å². The van der Waals surface area contributed by atoms with Gasteiger partial charge < -0.3 is 0 Å². The van der Waals surface area contributed by atoms with E-state index in [-0.39, 0.29) is 5.91 Å². The van der Waals surface area contributed by atoms with Crippen molar-refractivity contribution in [3.05, 3.63) is 47.0 Å². The maximum atomic E-state index is 12.0. The van der Waals surface area contributed by atoms with E-state index in [9.17, 15) is 4.79 Å². The Balaban J connectivity index is 1.59. The largest absolute Gasteiger partial charge is 0.271 e. The molecule has 3 rings (SSSR count). The summed E-state index contributed by atoms with van der Waals surface area (Å²) in [4.78, 5) is 12.0. The van der Waals surface area contributed by atoms with Gasteiger partial charge in [0, 0.05) is 17.7 Å². The first-order chi connectivity index (χ1) is 9.63. The van der Waals surface area contributed by atoms with Crippen LogP contribution in [0.15, 0.2) is 35.5 Å². The van der Waals surface area contributed by atoms with Gasteiger partial charge in [-0.1, -0.05) is 18.2 Å². The second-order valence-corrected chi connectivity index (χ2v) is 5.96. The van der Waals surface area contributed by atoms with Crippen LogP contribution in [0.2, 0.25) is 0 Å². The second-order valence-electron chi connectivity index (χ2n) is 5.96. The van der Waals surface area contributed by atoms with Crippen LogP contribution in [0.4, 0.5) is 0 Å². The van der Waals surface area contributed by atoms with Crippen LogP contribution in [0.25, 0.3) is 0 Å². The maximum absolute atomic E-state index is 12.0. The third-order valence-corrected chi connectivity index (χ3v) is 4.53. The first kappa shape index (κ1) is 13.1. The first-order valence-corrected chi connectivity index (χ1v) is 7.22. The minimum absolute atomic E-state index is 0.136. The number of hydrogen-bond donors (Lipinski definition) is 1. The molecule has 1 fully saturated rings. The predicted molar refractivity (Wildman–Crippen MR) is 80.7 cm³/mol. The number of rotatable bonds is 3. The third-order valence-electron chi connectivity index (χ3n) is 4.53. The highest BCUT2D eigenvalue weighted by atomic mass is 16.2. The zero-order chi connectivity index (χ0) is 14.1. The number of amides is 1. The molecule has 1 saturated carbocycles. The number of aryl methyl sites for hydroxylation is 2. The molecule has 1 aromatic rings. The number of nitrogens with one attached hydrogen (secondary N) is 1. The Bertz CT molecular complexity index is 589. The van der Waals surface area contributed by atoms with E-state index in [0.717, 1.165) is 11.5 Å². The van der Waals surface area contributed by atoms with Gasteiger partial charge in [0.1, 0.15) is 0 Å². The van der Waals surface area contributed by atoms with Crippen molar-refractivity contribution < 1.29 is 4.79 Å². The number of allylic oxidation sites excluding steroid dienone is 2. The first-order valence-electron chi connectivity index (χ1n) is 7.22. The molecule has 2 aliphatic rings. The van der Waals surface area contributed by atoms with Crippen molar-refractivity contribution in [1.82, 2.24) is 5.43 Å². The van der Waals surface area contributed by atoms with Crippen LogP contribution in [0.1, 0.15) is 34.3 Å². The van der Waals surface area contributed by atoms with E-state index >= 15 is 0 Å². The number of hydrazone groups is 1. The van der Waals surface area contributed by atoms with Gasteiger partial charge in [-0.25, -0.2) is 5.43 Å². The van der Waals surface area contributed by atoms with Crippen molar-refractivity contribution in [2.75, 3.05) is 0 Å². The summed E-state index contributed by atoms with van der Waals surface area (Å²) in [6.07, 6.45) is 8.93. The van der Waals surface area contributed by atoms with Gasteiger partial charge in [-0.05, 0) is 61.8 Å². The Morgan fingerprint density at radius 2 is 2.10 bits per heavy atom. The van der Waals surface area contributed by atoms with Crippen LogP contribution in [-0.2, 0) is 0 Å². The van der Waals surface area contributed by atoms with Crippen molar-refractivity contribution in [2.24, 2.45) is 22.9 Å². The lowest BCUT2D eigenvalue weighted by Crippen LogP contribution is -2.19. The maximum Gasteiger partial charge on any atom is 0.271 e. The molecule has 2 bridgehead atoms. The lowest BCUT2D eigenvalue weighted by molar-refractivity contribution is 0.0955. The minimum Gasteiger partial charge on any atom is -0.267 e. The Hall–Kier alpha value is -1.90. The quantitative estimate of drug-likeness (QED) is 0.510. The molecule has 3 atom stereocenters. The highest BCUT2D eigenvalue weighted by Crippen LogP contribution is 2.42. The summed E-state index contributed by atoms with van der Waals surface area (Å²) in [6.45, 7) is 4.05. The number of carbonyl (C=O) groups is 1. The van der Waals surface area contributed by atoms with E-state index in [4.69, 9.17) is 0 Å². The van der Waals surface area contributed by atoms with Crippen LogP contribution in [-0.4, -0.2) is 12.1 Å². The molecule has 0 aliphatic heterocycles. The fourth-order valence-corrected chi connectivity index (χ4v) is 3.13. The average Bonchev–Trinajstić information content (AvgIpc) is 3.04. The summed E-state index contributed by atoms with van der Waals surface area (Å²) < 4.78 is 0. The third kappa shape index (κ3) is 2.53. The van der Waals surface area contributed by atoms with Crippen LogP contribution in [0.3, 0.4) is 0 Å². The fourth-order valence-electron chi connectivity index (χ4n) is 3.13. The smallest absolute Gasteiger partial charge is 0.267 e. The van der Waals surface area contributed by atoms with Crippen LogP contribution in [0.5, 0.6) is 0 Å². The van der Waals surface area contributed by atoms with Gasteiger partial charge in [0.05, 0.1) is 0 Å². The fraction of sp³-hybridized carbons (Fsp3) is 0.412. The van der Waals surface area contributed by atoms with Crippen LogP contribution >= 0.6 is 0 Å². The summed E-state index contributed by atoms with van der Waals surface area (Å²) in [5.41, 5.74) is 5.62. The van der Waals surface area contributed by atoms with E-state index in [1.54, 1.807) is 0 Å². The molecular weight excluding hydrogens is 248 g/mol. The highest BCUT2D eigenvalue weighted by Gasteiger charge is 2.34. The van der Waals surface area contributed by atoms with Gasteiger partial charge in [-0.2, -0.15) is 5.10 Å². The van der Waals surface area contributed by atoms with Gasteiger partial charge in [0.15, 0.2) is 0 Å². The molecule has 3 nitrogen and oxygen atoms in total. The van der Waals surface area contributed by atoms with E-state index in [0.29, 0.717) is 17.4 Å². The molecule has 0 saturated heterocycles. The zero-order valence-electron chi connectivity index (χ0n) is 12.0. The van der Waals surface area contributed by atoms with Crippen molar-refractivity contribution in [3.63, 3.8) is 0 Å². The molecule has 0 heterocycles. The van der Waals surface area contributed by atoms with E-state index < -0.39 is 0 Å². The molecular formula is C17H20N2O. The Labute approximate surface area is 119 Å². The monoisotopic (exact) mass is 268 g/mol. The summed E-state index contributed by atoms with van der Waals surface area (Å²) in [7, 11) is 0. The summed E-state index contributed by atoms with van der Waals surface area (Å²) in [5, 5.41) is 4.14. The molecule has 3 unspecified atom stereocenters. The molecule has 20 heavy (non-hydrogen) atoms. The Morgan fingerprint density at radius 1 is 1.25 bits per heavy atom. The minimum atomic E-state index is -0.136. The molecule has 0 aromatic heterocycles. The van der Waals surface area contributed by atoms with Crippen molar-refractivity contribution in [1.29, 1.82) is 0 Å². The SMILES string of the molecule is Cc1ccc(C(=O)N/N=C/C2CC3C=CC2C3)cc1C. The summed E-state index contributed by atoms with van der Waals surface area (Å²) in [5.74, 6) is 1.71. The van der Waals surface area contributed by atoms with E-state index in [1.807, 2.05) is 38.3 Å². The Morgan fingerprint density at radius 3 is 2.75 bits per heavy atom. The molecule has 1 aromatic carbocycles. The topological polar surface area (TPSA) is 41.5 Å². The molecule has 1 amide bonds. The summed E-state index contributed by atoms with van der Waals surface area (Å²) >= 11 is 0. The lowest BCUT2D eigenvalue weighted by Gasteiger charge is -2.12. The van der Waals surface area contributed by atoms with Gasteiger partial charge in [0.2, 0.25) is 0 Å². The lowest BCUT2D eigenvalue weighted by atomic mass is 9.95. The molecule has 1 N–H and O–H groups in total. The molecule has 0 spiro atoms.